The fourth-order valence-corrected chi connectivity index (χ4v) is 4.26. The van der Waals surface area contributed by atoms with E-state index in [1.165, 1.54) is 0 Å². The summed E-state index contributed by atoms with van der Waals surface area (Å²) in [6, 6.07) is 14.9. The van der Waals surface area contributed by atoms with Gasteiger partial charge in [-0.15, -0.1) is 0 Å². The second-order valence-electron chi connectivity index (χ2n) is 7.15. The molecule has 2 N–H and O–H groups in total. The monoisotopic (exact) mass is 426 g/mol. The molecule has 1 unspecified atom stereocenters. The van der Waals surface area contributed by atoms with Gasteiger partial charge in [-0.05, 0) is 60.1 Å². The zero-order chi connectivity index (χ0) is 20.4. The molecule has 5 nitrogen and oxygen atoms in total. The van der Waals surface area contributed by atoms with Crippen molar-refractivity contribution in [1.82, 2.24) is 9.88 Å². The van der Waals surface area contributed by atoms with Crippen LogP contribution in [0.15, 0.2) is 60.9 Å². The number of anilines is 2. The second-order valence-corrected chi connectivity index (χ2v) is 7.99. The lowest BCUT2D eigenvalue weighted by Gasteiger charge is -2.33. The van der Waals surface area contributed by atoms with Gasteiger partial charge in [0.15, 0.2) is 0 Å². The Morgan fingerprint density at radius 2 is 1.90 bits per heavy atom. The van der Waals surface area contributed by atoms with Crippen LogP contribution in [0.4, 0.5) is 16.2 Å². The molecule has 4 rings (SSSR count). The van der Waals surface area contributed by atoms with Crippen molar-refractivity contribution in [2.75, 3.05) is 24.2 Å². The molecule has 29 heavy (non-hydrogen) atoms. The number of halogens is 2. The van der Waals surface area contributed by atoms with Crippen LogP contribution in [0.5, 0.6) is 0 Å². The summed E-state index contributed by atoms with van der Waals surface area (Å²) < 4.78 is 0. The number of aromatic nitrogens is 1. The molecule has 0 bridgehead atoms. The summed E-state index contributed by atoms with van der Waals surface area (Å²) in [5.41, 5.74) is 4.68. The normalized spacial score (nSPS) is 16.2. The number of likely N-dealkylation sites (N-methyl/N-ethyl adjacent to an activating group) is 1. The molecule has 0 saturated heterocycles. The highest BCUT2D eigenvalue weighted by Gasteiger charge is 2.27. The fourth-order valence-electron chi connectivity index (χ4n) is 3.69. The molecule has 1 aliphatic heterocycles. The number of amides is 2. The van der Waals surface area contributed by atoms with Crippen molar-refractivity contribution in [2.45, 2.75) is 12.5 Å². The molecule has 0 radical (unpaired) electrons. The Hall–Kier alpha value is -2.60. The minimum Gasteiger partial charge on any atom is -0.308 e. The third-order valence-corrected chi connectivity index (χ3v) is 5.51. The van der Waals surface area contributed by atoms with E-state index in [0.717, 1.165) is 29.8 Å². The molecule has 1 aromatic heterocycles. The molecule has 1 atom stereocenters. The van der Waals surface area contributed by atoms with Gasteiger partial charge in [0.05, 0.1) is 11.9 Å². The van der Waals surface area contributed by atoms with Gasteiger partial charge in [-0.2, -0.15) is 0 Å². The van der Waals surface area contributed by atoms with Crippen molar-refractivity contribution < 1.29 is 4.79 Å². The van der Waals surface area contributed by atoms with Gasteiger partial charge < -0.3 is 15.5 Å². The zero-order valence-electron chi connectivity index (χ0n) is 15.8. The van der Waals surface area contributed by atoms with Crippen LogP contribution in [0.1, 0.15) is 22.6 Å². The van der Waals surface area contributed by atoms with Crippen molar-refractivity contribution in [1.29, 1.82) is 0 Å². The van der Waals surface area contributed by atoms with Crippen LogP contribution in [0.3, 0.4) is 0 Å². The number of urea groups is 1. The predicted octanol–water partition coefficient (Wildman–Crippen LogP) is 5.61. The van der Waals surface area contributed by atoms with Crippen molar-refractivity contribution in [3.8, 4) is 0 Å². The van der Waals surface area contributed by atoms with Gasteiger partial charge in [-0.25, -0.2) is 4.79 Å². The molecule has 0 fully saturated rings. The molecule has 0 spiro atoms. The first-order valence-corrected chi connectivity index (χ1v) is 9.99. The maximum absolute atomic E-state index is 12.3. The number of hydrogen-bond donors (Lipinski definition) is 2. The van der Waals surface area contributed by atoms with E-state index in [1.54, 1.807) is 30.6 Å². The van der Waals surface area contributed by atoms with E-state index in [4.69, 9.17) is 23.2 Å². The average Bonchev–Trinajstić information content (AvgIpc) is 2.69. The summed E-state index contributed by atoms with van der Waals surface area (Å²) in [5.74, 6) is 0.114. The van der Waals surface area contributed by atoms with E-state index in [9.17, 15) is 4.79 Å². The minimum atomic E-state index is -0.317. The predicted molar refractivity (Wildman–Crippen MR) is 118 cm³/mol. The molecule has 0 aliphatic carbocycles. The third-order valence-electron chi connectivity index (χ3n) is 4.96. The molecule has 7 heteroatoms. The number of carbonyl (C=O) groups is 1. The van der Waals surface area contributed by atoms with E-state index >= 15 is 0 Å². The SMILES string of the molecule is CN1Cc2c(Cl)cc(Cl)cc2C(c2cccc(NC(=O)Nc3cccnc3)c2)C1. The van der Waals surface area contributed by atoms with E-state index in [-0.39, 0.29) is 11.9 Å². The molecule has 2 heterocycles. The van der Waals surface area contributed by atoms with Gasteiger partial charge in [0, 0.05) is 40.9 Å². The summed E-state index contributed by atoms with van der Waals surface area (Å²) in [6.07, 6.45) is 3.25. The quantitative estimate of drug-likeness (QED) is 0.571. The lowest BCUT2D eigenvalue weighted by Crippen LogP contribution is -2.31. The van der Waals surface area contributed by atoms with Crippen LogP contribution in [-0.2, 0) is 6.54 Å². The fraction of sp³-hybridized carbons (Fsp3) is 0.182. The second kappa shape index (κ2) is 8.41. The standard InChI is InChI=1S/C22H20Cl2N4O/c1-28-12-19(18-9-15(23)10-21(24)20(18)13-28)14-4-2-5-16(8-14)26-22(29)27-17-6-3-7-25-11-17/h2-11,19H,12-13H2,1H3,(H2,26,27,29). The summed E-state index contributed by atoms with van der Waals surface area (Å²) in [7, 11) is 2.07. The first-order valence-electron chi connectivity index (χ1n) is 9.24. The van der Waals surface area contributed by atoms with Crippen LogP contribution in [0, 0.1) is 0 Å². The maximum Gasteiger partial charge on any atom is 0.323 e. The van der Waals surface area contributed by atoms with Gasteiger partial charge in [-0.1, -0.05) is 35.3 Å². The molecule has 148 valence electrons. The Morgan fingerprint density at radius 3 is 2.69 bits per heavy atom. The number of benzene rings is 2. The van der Waals surface area contributed by atoms with Gasteiger partial charge in [-0.3, -0.25) is 4.98 Å². The molecule has 3 aromatic rings. The average molecular weight is 427 g/mol. The van der Waals surface area contributed by atoms with E-state index in [1.807, 2.05) is 24.3 Å². The van der Waals surface area contributed by atoms with Crippen molar-refractivity contribution in [3.63, 3.8) is 0 Å². The van der Waals surface area contributed by atoms with Crippen LogP contribution in [0.25, 0.3) is 0 Å². The number of fused-ring (bicyclic) bond motifs is 1. The van der Waals surface area contributed by atoms with Crippen molar-refractivity contribution >= 4 is 40.6 Å². The van der Waals surface area contributed by atoms with Gasteiger partial charge >= 0.3 is 6.03 Å². The highest BCUT2D eigenvalue weighted by molar-refractivity contribution is 6.35. The van der Waals surface area contributed by atoms with E-state index < -0.39 is 0 Å². The number of hydrogen-bond acceptors (Lipinski definition) is 3. The largest absolute Gasteiger partial charge is 0.323 e. The molecule has 1 aliphatic rings. The van der Waals surface area contributed by atoms with E-state index in [2.05, 4.69) is 33.6 Å². The van der Waals surface area contributed by atoms with Crippen LogP contribution < -0.4 is 10.6 Å². The third kappa shape index (κ3) is 4.53. The molecule has 0 saturated carbocycles. The number of pyridine rings is 1. The molecule has 2 aromatic carbocycles. The number of rotatable bonds is 3. The Kier molecular flexibility index (Phi) is 5.72. The summed E-state index contributed by atoms with van der Waals surface area (Å²) in [6.45, 7) is 1.63. The first-order chi connectivity index (χ1) is 14.0. The number of nitrogens with zero attached hydrogens (tertiary/aromatic N) is 2. The lowest BCUT2D eigenvalue weighted by atomic mass is 9.84. The van der Waals surface area contributed by atoms with Gasteiger partial charge in [0.25, 0.3) is 0 Å². The van der Waals surface area contributed by atoms with Gasteiger partial charge in [0.2, 0.25) is 0 Å². The summed E-state index contributed by atoms with van der Waals surface area (Å²) in [4.78, 5) is 18.5. The maximum atomic E-state index is 12.3. The highest BCUT2D eigenvalue weighted by Crippen LogP contribution is 2.38. The summed E-state index contributed by atoms with van der Waals surface area (Å²) >= 11 is 12.7. The first kappa shape index (κ1) is 19.7. The zero-order valence-corrected chi connectivity index (χ0v) is 17.3. The number of nitrogens with one attached hydrogen (secondary N) is 2. The number of carbonyl (C=O) groups excluding carboxylic acids is 1. The Morgan fingerprint density at radius 1 is 1.10 bits per heavy atom. The highest BCUT2D eigenvalue weighted by atomic mass is 35.5. The smallest absolute Gasteiger partial charge is 0.308 e. The molecule has 2 amide bonds. The Balaban J connectivity index is 1.59. The Labute approximate surface area is 179 Å². The minimum absolute atomic E-state index is 0.114. The van der Waals surface area contributed by atoms with Gasteiger partial charge in [0.1, 0.15) is 0 Å². The van der Waals surface area contributed by atoms with Crippen molar-refractivity contribution in [3.05, 3.63) is 87.7 Å². The lowest BCUT2D eigenvalue weighted by molar-refractivity contribution is 0.262. The topological polar surface area (TPSA) is 57.3 Å². The molecular formula is C22H20Cl2N4O. The van der Waals surface area contributed by atoms with Crippen molar-refractivity contribution in [2.24, 2.45) is 0 Å². The molecular weight excluding hydrogens is 407 g/mol. The summed E-state index contributed by atoms with van der Waals surface area (Å²) in [5, 5.41) is 6.98. The van der Waals surface area contributed by atoms with Crippen LogP contribution in [0.2, 0.25) is 10.0 Å². The van der Waals surface area contributed by atoms with E-state index in [0.29, 0.717) is 21.4 Å². The Bertz CT molecular complexity index is 1040. The van der Waals surface area contributed by atoms with Crippen LogP contribution in [-0.4, -0.2) is 29.5 Å². The van der Waals surface area contributed by atoms with Crippen LogP contribution >= 0.6 is 23.2 Å².